The minimum Gasteiger partial charge on any atom is -0.338 e. The fraction of sp³-hybridized carbons (Fsp3) is 0.158. The molecule has 0 unspecified atom stereocenters. The van der Waals surface area contributed by atoms with Crippen LogP contribution in [-0.4, -0.2) is 25.1 Å². The predicted octanol–water partition coefficient (Wildman–Crippen LogP) is 4.12. The van der Waals surface area contributed by atoms with E-state index in [1.165, 1.54) is 24.5 Å². The summed E-state index contributed by atoms with van der Waals surface area (Å²) in [4.78, 5) is 24.0. The number of anilines is 2. The lowest BCUT2D eigenvalue weighted by Gasteiger charge is -2.14. The summed E-state index contributed by atoms with van der Waals surface area (Å²) in [7, 11) is 0. The quantitative estimate of drug-likeness (QED) is 0.482. The van der Waals surface area contributed by atoms with Crippen LogP contribution in [0.25, 0.3) is 22.2 Å². The van der Waals surface area contributed by atoms with E-state index in [1.807, 2.05) is 0 Å². The normalized spacial score (nSPS) is 13.8. The van der Waals surface area contributed by atoms with Crippen molar-refractivity contribution < 1.29 is 4.39 Å². The molecule has 0 atom stereocenters. The van der Waals surface area contributed by atoms with Crippen molar-refractivity contribution in [3.63, 3.8) is 0 Å². The van der Waals surface area contributed by atoms with Gasteiger partial charge >= 0.3 is 0 Å². The lowest BCUT2D eigenvalue weighted by Crippen LogP contribution is -2.14. The molecular weight excluding hydrogens is 383 g/mol. The zero-order valence-electron chi connectivity index (χ0n) is 14.5. The summed E-state index contributed by atoms with van der Waals surface area (Å²) in [5.41, 5.74) is 2.03. The molecule has 0 radical (unpaired) electrons. The molecule has 0 saturated heterocycles. The fourth-order valence-electron chi connectivity index (χ4n) is 3.24. The first kappa shape index (κ1) is 16.9. The third kappa shape index (κ3) is 2.91. The number of aromatic amines is 2. The first-order chi connectivity index (χ1) is 13.6. The molecule has 3 N–H and O–H groups in total. The molecule has 1 aliphatic carbocycles. The van der Waals surface area contributed by atoms with Gasteiger partial charge in [-0.15, -0.1) is 0 Å². The number of hydrogen-bond donors (Lipinski definition) is 3. The number of nitrogens with one attached hydrogen (secondary N) is 3. The third-order valence-corrected chi connectivity index (χ3v) is 5.01. The average Bonchev–Trinajstić information content (AvgIpc) is 3.41. The van der Waals surface area contributed by atoms with Crippen molar-refractivity contribution in [2.24, 2.45) is 0 Å². The monoisotopic (exact) mass is 396 g/mol. The van der Waals surface area contributed by atoms with Crippen molar-refractivity contribution >= 4 is 34.1 Å². The van der Waals surface area contributed by atoms with E-state index in [2.05, 4.69) is 30.5 Å². The molecule has 0 aliphatic heterocycles. The number of H-pyrrole nitrogens is 2. The highest BCUT2D eigenvalue weighted by Crippen LogP contribution is 2.43. The number of halogens is 2. The van der Waals surface area contributed by atoms with Gasteiger partial charge < -0.3 is 10.3 Å². The lowest BCUT2D eigenvalue weighted by molar-refractivity contribution is 0.631. The topological polar surface area (TPSA) is 99.4 Å². The molecule has 5 rings (SSSR count). The van der Waals surface area contributed by atoms with Gasteiger partial charge in [0.2, 0.25) is 0 Å². The van der Waals surface area contributed by atoms with Crippen molar-refractivity contribution in [3.8, 4) is 11.1 Å². The molecule has 0 bridgehead atoms. The van der Waals surface area contributed by atoms with Gasteiger partial charge in [-0.3, -0.25) is 9.89 Å². The Kier molecular flexibility index (Phi) is 3.87. The van der Waals surface area contributed by atoms with Gasteiger partial charge in [0.15, 0.2) is 5.65 Å². The molecular formula is C19H14ClFN6O. The van der Waals surface area contributed by atoms with Gasteiger partial charge in [-0.25, -0.2) is 14.4 Å². The Hall–Kier alpha value is -3.26. The molecule has 7 nitrogen and oxygen atoms in total. The van der Waals surface area contributed by atoms with E-state index in [1.54, 1.807) is 12.3 Å². The molecule has 1 aliphatic rings. The van der Waals surface area contributed by atoms with Crippen LogP contribution in [0.2, 0.25) is 5.02 Å². The summed E-state index contributed by atoms with van der Waals surface area (Å²) >= 11 is 6.01. The van der Waals surface area contributed by atoms with Crippen LogP contribution in [0.1, 0.15) is 24.5 Å². The second-order valence-electron chi connectivity index (χ2n) is 6.72. The van der Waals surface area contributed by atoms with E-state index in [9.17, 15) is 9.18 Å². The number of benzene rings is 1. The number of pyridine rings is 1. The molecule has 0 spiro atoms. The third-order valence-electron chi connectivity index (χ3n) is 4.78. The average molecular weight is 397 g/mol. The van der Waals surface area contributed by atoms with Crippen molar-refractivity contribution in [1.82, 2.24) is 25.1 Å². The van der Waals surface area contributed by atoms with Crippen LogP contribution in [0.4, 0.5) is 15.9 Å². The number of hydrogen-bond acceptors (Lipinski definition) is 5. The lowest BCUT2D eigenvalue weighted by atomic mass is 10.0. The number of aromatic nitrogens is 5. The fourth-order valence-corrected chi connectivity index (χ4v) is 3.41. The standard InChI is InChI=1S/C19H14ClFN6O/c20-10-3-4-14(21)11(5-10)12-6-15(16(9-1-2-9)26-19(12)28)25-17-13-7-24-27-18(13)23-8-22-17/h3-9H,1-2H2,(H,26,28)(H2,22,23,24,25,27). The first-order valence-electron chi connectivity index (χ1n) is 8.74. The van der Waals surface area contributed by atoms with Crippen molar-refractivity contribution in [2.45, 2.75) is 18.8 Å². The van der Waals surface area contributed by atoms with Crippen LogP contribution in [0.5, 0.6) is 0 Å². The van der Waals surface area contributed by atoms with Crippen molar-refractivity contribution in [3.05, 3.63) is 63.7 Å². The second-order valence-corrected chi connectivity index (χ2v) is 7.15. The van der Waals surface area contributed by atoms with E-state index < -0.39 is 5.82 Å². The Labute approximate surface area is 163 Å². The zero-order chi connectivity index (χ0) is 19.3. The van der Waals surface area contributed by atoms with Crippen LogP contribution >= 0.6 is 11.6 Å². The molecule has 0 amide bonds. The molecule has 3 heterocycles. The molecule has 9 heteroatoms. The van der Waals surface area contributed by atoms with E-state index in [0.717, 1.165) is 18.5 Å². The van der Waals surface area contributed by atoms with Gasteiger partial charge in [-0.05, 0) is 37.1 Å². The molecule has 1 aromatic carbocycles. The highest BCUT2D eigenvalue weighted by Gasteiger charge is 2.29. The predicted molar refractivity (Wildman–Crippen MR) is 104 cm³/mol. The van der Waals surface area contributed by atoms with Gasteiger partial charge in [0.05, 0.1) is 22.8 Å². The largest absolute Gasteiger partial charge is 0.338 e. The molecule has 4 aromatic rings. The van der Waals surface area contributed by atoms with E-state index >= 15 is 0 Å². The maximum Gasteiger partial charge on any atom is 0.256 e. The first-order valence-corrected chi connectivity index (χ1v) is 9.11. The number of nitrogens with zero attached hydrogens (tertiary/aromatic N) is 3. The van der Waals surface area contributed by atoms with E-state index in [4.69, 9.17) is 11.6 Å². The van der Waals surface area contributed by atoms with Crippen LogP contribution in [-0.2, 0) is 0 Å². The molecule has 1 saturated carbocycles. The van der Waals surface area contributed by atoms with Gasteiger partial charge in [0.25, 0.3) is 5.56 Å². The Balaban J connectivity index is 1.67. The summed E-state index contributed by atoms with van der Waals surface area (Å²) in [6, 6.07) is 5.79. The SMILES string of the molecule is O=c1[nH]c(C2CC2)c(Nc2ncnc3[nH]ncc23)cc1-c1cc(Cl)ccc1F. The van der Waals surface area contributed by atoms with Gasteiger partial charge in [-0.2, -0.15) is 5.10 Å². The molecule has 1 fully saturated rings. The van der Waals surface area contributed by atoms with Gasteiger partial charge in [-0.1, -0.05) is 11.6 Å². The van der Waals surface area contributed by atoms with Gasteiger partial charge in [0, 0.05) is 22.2 Å². The maximum absolute atomic E-state index is 14.4. The Morgan fingerprint density at radius 3 is 2.86 bits per heavy atom. The van der Waals surface area contributed by atoms with Crippen LogP contribution in [0.15, 0.2) is 41.6 Å². The molecule has 140 valence electrons. The minimum atomic E-state index is -0.515. The molecule has 28 heavy (non-hydrogen) atoms. The summed E-state index contributed by atoms with van der Waals surface area (Å²) in [5.74, 6) is 0.291. The smallest absolute Gasteiger partial charge is 0.256 e. The highest BCUT2D eigenvalue weighted by atomic mass is 35.5. The Bertz CT molecular complexity index is 1260. The van der Waals surface area contributed by atoms with Crippen molar-refractivity contribution in [2.75, 3.05) is 5.32 Å². The number of rotatable bonds is 4. The van der Waals surface area contributed by atoms with Crippen LogP contribution in [0.3, 0.4) is 0 Å². The van der Waals surface area contributed by atoms with E-state index in [-0.39, 0.29) is 22.6 Å². The summed E-state index contributed by atoms with van der Waals surface area (Å²) in [6.45, 7) is 0. The maximum atomic E-state index is 14.4. The summed E-state index contributed by atoms with van der Waals surface area (Å²) in [5, 5.41) is 11.1. The summed E-state index contributed by atoms with van der Waals surface area (Å²) < 4.78 is 14.4. The summed E-state index contributed by atoms with van der Waals surface area (Å²) in [6.07, 6.45) is 5.02. The highest BCUT2D eigenvalue weighted by molar-refractivity contribution is 6.30. The van der Waals surface area contributed by atoms with Crippen LogP contribution < -0.4 is 10.9 Å². The Morgan fingerprint density at radius 1 is 1.18 bits per heavy atom. The minimum absolute atomic E-state index is 0.148. The molecule has 3 aromatic heterocycles. The number of fused-ring (bicyclic) bond motifs is 1. The van der Waals surface area contributed by atoms with E-state index in [0.29, 0.717) is 27.6 Å². The zero-order valence-corrected chi connectivity index (χ0v) is 15.2. The van der Waals surface area contributed by atoms with Gasteiger partial charge in [0.1, 0.15) is 18.0 Å². The second kappa shape index (κ2) is 6.42. The Morgan fingerprint density at radius 2 is 2.04 bits per heavy atom. The van der Waals surface area contributed by atoms with Crippen LogP contribution in [0, 0.1) is 5.82 Å². The van der Waals surface area contributed by atoms with Crippen molar-refractivity contribution in [1.29, 1.82) is 0 Å².